The number of pyridine rings is 1. The summed E-state index contributed by atoms with van der Waals surface area (Å²) < 4.78 is 0. The summed E-state index contributed by atoms with van der Waals surface area (Å²) in [5.74, 6) is 1.20. The molecular formula is C26H28N8O. The molecule has 0 aliphatic carbocycles. The number of aromatic nitrogens is 5. The summed E-state index contributed by atoms with van der Waals surface area (Å²) in [6.45, 7) is 2.99. The first kappa shape index (κ1) is 22.7. The highest BCUT2D eigenvalue weighted by atomic mass is 16.1. The van der Waals surface area contributed by atoms with E-state index in [0.29, 0.717) is 18.1 Å². The van der Waals surface area contributed by atoms with Crippen molar-refractivity contribution in [3.63, 3.8) is 0 Å². The summed E-state index contributed by atoms with van der Waals surface area (Å²) in [7, 11) is 0. The SMILES string of the molecule is O=C(CCN1CCCCC1)Nc1cccc(Nc2nccc(-c3cnc(-c4cccnc4)[nH]3)n2)c1. The number of hydrogen-bond donors (Lipinski definition) is 3. The lowest BCUT2D eigenvalue weighted by Crippen LogP contribution is -2.32. The third-order valence-corrected chi connectivity index (χ3v) is 5.95. The normalized spacial score (nSPS) is 13.9. The van der Waals surface area contributed by atoms with E-state index < -0.39 is 0 Å². The lowest BCUT2D eigenvalue weighted by atomic mass is 10.1. The summed E-state index contributed by atoms with van der Waals surface area (Å²) in [6, 6.07) is 13.2. The molecule has 0 unspecified atom stereocenters. The molecule has 4 heterocycles. The second-order valence-corrected chi connectivity index (χ2v) is 8.56. The zero-order chi connectivity index (χ0) is 23.9. The zero-order valence-corrected chi connectivity index (χ0v) is 19.4. The summed E-state index contributed by atoms with van der Waals surface area (Å²) in [6.07, 6.45) is 11.2. The molecule has 3 N–H and O–H groups in total. The number of rotatable bonds is 8. The lowest BCUT2D eigenvalue weighted by molar-refractivity contribution is -0.116. The standard InChI is InChI=1S/C26H28N8O/c35-24(10-15-34-13-2-1-3-14-34)30-20-7-4-8-21(16-20)31-26-28-12-9-22(33-26)23-18-29-25(32-23)19-6-5-11-27-17-19/h4-9,11-12,16-18H,1-3,10,13-15H2,(H,29,32)(H,30,35)(H,28,31,33). The average Bonchev–Trinajstić information content (AvgIpc) is 3.40. The molecule has 0 spiro atoms. The van der Waals surface area contributed by atoms with Gasteiger partial charge in [-0.25, -0.2) is 15.0 Å². The van der Waals surface area contributed by atoms with Crippen molar-refractivity contribution in [2.24, 2.45) is 0 Å². The number of likely N-dealkylation sites (tertiary alicyclic amines) is 1. The van der Waals surface area contributed by atoms with Gasteiger partial charge in [-0.15, -0.1) is 0 Å². The highest BCUT2D eigenvalue weighted by molar-refractivity contribution is 5.91. The van der Waals surface area contributed by atoms with Crippen molar-refractivity contribution in [1.29, 1.82) is 0 Å². The lowest BCUT2D eigenvalue weighted by Gasteiger charge is -2.25. The van der Waals surface area contributed by atoms with Gasteiger partial charge in [-0.3, -0.25) is 9.78 Å². The molecule has 1 aliphatic heterocycles. The number of carbonyl (C=O) groups is 1. The quantitative estimate of drug-likeness (QED) is 0.349. The third kappa shape index (κ3) is 6.07. The van der Waals surface area contributed by atoms with Crippen LogP contribution in [-0.2, 0) is 4.79 Å². The Morgan fingerprint density at radius 1 is 0.971 bits per heavy atom. The molecule has 0 radical (unpaired) electrons. The number of imidazole rings is 1. The number of H-pyrrole nitrogens is 1. The summed E-state index contributed by atoms with van der Waals surface area (Å²) >= 11 is 0. The monoisotopic (exact) mass is 468 g/mol. The number of carbonyl (C=O) groups excluding carboxylic acids is 1. The van der Waals surface area contributed by atoms with Crippen LogP contribution in [0.3, 0.4) is 0 Å². The average molecular weight is 469 g/mol. The molecular weight excluding hydrogens is 440 g/mol. The molecule has 178 valence electrons. The number of piperidine rings is 1. The van der Waals surface area contributed by atoms with Crippen molar-refractivity contribution < 1.29 is 4.79 Å². The van der Waals surface area contributed by atoms with Gasteiger partial charge in [0.25, 0.3) is 0 Å². The fourth-order valence-electron chi connectivity index (χ4n) is 4.14. The molecule has 3 aromatic heterocycles. The van der Waals surface area contributed by atoms with Gasteiger partial charge in [-0.2, -0.15) is 0 Å². The summed E-state index contributed by atoms with van der Waals surface area (Å²) in [5, 5.41) is 6.22. The van der Waals surface area contributed by atoms with E-state index in [1.165, 1.54) is 19.3 Å². The van der Waals surface area contributed by atoms with Crippen molar-refractivity contribution in [2.75, 3.05) is 30.3 Å². The number of nitrogens with zero attached hydrogens (tertiary/aromatic N) is 5. The predicted octanol–water partition coefficient (Wildman–Crippen LogP) is 4.49. The summed E-state index contributed by atoms with van der Waals surface area (Å²) in [5.41, 5.74) is 3.93. The number of aromatic amines is 1. The van der Waals surface area contributed by atoms with Crippen LogP contribution >= 0.6 is 0 Å². The minimum absolute atomic E-state index is 0.0228. The first-order valence-corrected chi connectivity index (χ1v) is 11.9. The van der Waals surface area contributed by atoms with Crippen LogP contribution in [0.5, 0.6) is 0 Å². The highest BCUT2D eigenvalue weighted by Gasteiger charge is 2.12. The Labute approximate surface area is 204 Å². The van der Waals surface area contributed by atoms with E-state index in [9.17, 15) is 4.79 Å². The topological polar surface area (TPSA) is 112 Å². The van der Waals surface area contributed by atoms with Gasteiger partial charge in [0.15, 0.2) is 0 Å². The van der Waals surface area contributed by atoms with Crippen LogP contribution in [0.2, 0.25) is 0 Å². The first-order chi connectivity index (χ1) is 17.2. The van der Waals surface area contributed by atoms with Crippen LogP contribution < -0.4 is 10.6 Å². The molecule has 1 fully saturated rings. The van der Waals surface area contributed by atoms with E-state index >= 15 is 0 Å². The minimum Gasteiger partial charge on any atom is -0.337 e. The number of nitrogens with one attached hydrogen (secondary N) is 3. The number of benzene rings is 1. The Hall–Kier alpha value is -4.11. The van der Waals surface area contributed by atoms with Crippen LogP contribution in [-0.4, -0.2) is 55.4 Å². The summed E-state index contributed by atoms with van der Waals surface area (Å²) in [4.78, 5) is 35.6. The van der Waals surface area contributed by atoms with Gasteiger partial charge in [0.05, 0.1) is 17.6 Å². The van der Waals surface area contributed by atoms with E-state index in [0.717, 1.165) is 48.1 Å². The van der Waals surface area contributed by atoms with Gasteiger partial charge >= 0.3 is 0 Å². The fourth-order valence-corrected chi connectivity index (χ4v) is 4.14. The van der Waals surface area contributed by atoms with Crippen molar-refractivity contribution in [1.82, 2.24) is 29.8 Å². The Morgan fingerprint density at radius 3 is 2.71 bits per heavy atom. The number of amides is 1. The molecule has 35 heavy (non-hydrogen) atoms. The van der Waals surface area contributed by atoms with E-state index in [1.54, 1.807) is 24.8 Å². The van der Waals surface area contributed by atoms with Crippen molar-refractivity contribution in [2.45, 2.75) is 25.7 Å². The fraction of sp³-hybridized carbons (Fsp3) is 0.269. The molecule has 0 saturated carbocycles. The minimum atomic E-state index is 0.0228. The largest absolute Gasteiger partial charge is 0.337 e. The molecule has 1 saturated heterocycles. The molecule has 1 amide bonds. The van der Waals surface area contributed by atoms with Crippen LogP contribution in [0, 0.1) is 0 Å². The zero-order valence-electron chi connectivity index (χ0n) is 19.4. The van der Waals surface area contributed by atoms with Gasteiger partial charge < -0.3 is 20.5 Å². The maximum absolute atomic E-state index is 12.4. The molecule has 9 nitrogen and oxygen atoms in total. The van der Waals surface area contributed by atoms with Crippen LogP contribution in [0.25, 0.3) is 22.8 Å². The number of hydrogen-bond acceptors (Lipinski definition) is 7. The Morgan fingerprint density at radius 2 is 1.86 bits per heavy atom. The maximum Gasteiger partial charge on any atom is 0.227 e. The van der Waals surface area contributed by atoms with E-state index in [2.05, 4.69) is 40.5 Å². The maximum atomic E-state index is 12.4. The van der Waals surface area contributed by atoms with Crippen LogP contribution in [0.15, 0.2) is 67.3 Å². The Bertz CT molecular complexity index is 1270. The van der Waals surface area contributed by atoms with E-state index in [-0.39, 0.29) is 5.91 Å². The van der Waals surface area contributed by atoms with Crippen molar-refractivity contribution in [3.05, 3.63) is 67.3 Å². The third-order valence-electron chi connectivity index (χ3n) is 5.95. The molecule has 4 aromatic rings. The van der Waals surface area contributed by atoms with Crippen LogP contribution in [0.4, 0.5) is 17.3 Å². The van der Waals surface area contributed by atoms with Crippen molar-refractivity contribution in [3.8, 4) is 22.8 Å². The predicted molar refractivity (Wildman–Crippen MR) is 136 cm³/mol. The van der Waals surface area contributed by atoms with E-state index in [1.807, 2.05) is 42.5 Å². The second-order valence-electron chi connectivity index (χ2n) is 8.56. The highest BCUT2D eigenvalue weighted by Crippen LogP contribution is 2.23. The van der Waals surface area contributed by atoms with Gasteiger partial charge in [0.2, 0.25) is 11.9 Å². The first-order valence-electron chi connectivity index (χ1n) is 11.9. The number of anilines is 3. The molecule has 0 atom stereocenters. The van der Waals surface area contributed by atoms with Crippen LogP contribution in [0.1, 0.15) is 25.7 Å². The van der Waals surface area contributed by atoms with Gasteiger partial charge in [-0.05, 0) is 62.3 Å². The van der Waals surface area contributed by atoms with Gasteiger partial charge in [0.1, 0.15) is 5.82 Å². The van der Waals surface area contributed by atoms with Gasteiger partial charge in [-0.1, -0.05) is 12.5 Å². The molecule has 9 heteroatoms. The van der Waals surface area contributed by atoms with Crippen molar-refractivity contribution >= 4 is 23.2 Å². The van der Waals surface area contributed by atoms with Gasteiger partial charge in [0, 0.05) is 48.5 Å². The van der Waals surface area contributed by atoms with E-state index in [4.69, 9.17) is 0 Å². The second kappa shape index (κ2) is 10.9. The molecule has 0 bridgehead atoms. The smallest absolute Gasteiger partial charge is 0.227 e. The molecule has 5 rings (SSSR count). The molecule has 1 aromatic carbocycles. The Balaban J connectivity index is 1.21. The molecule has 1 aliphatic rings. The Kier molecular flexibility index (Phi) is 7.05.